The number of hydrogen-bond acceptors (Lipinski definition) is 0. The topological polar surface area (TPSA) is 0 Å². The number of aryl methyl sites for hydroxylation is 1. The van der Waals surface area contributed by atoms with Crippen LogP contribution in [0.2, 0.25) is 0 Å². The van der Waals surface area contributed by atoms with Gasteiger partial charge in [-0.25, -0.2) is 4.39 Å². The molecule has 0 N–H and O–H groups in total. The number of hydrogen-bond donors (Lipinski definition) is 0. The van der Waals surface area contributed by atoms with Crippen LogP contribution in [0, 0.1) is 18.2 Å². The molecule has 0 nitrogen and oxygen atoms in total. The van der Waals surface area contributed by atoms with Gasteiger partial charge in [0.2, 0.25) is 0 Å². The van der Waals surface area contributed by atoms with Gasteiger partial charge in [-0.2, -0.15) is 0 Å². The molecule has 1 aliphatic rings. The van der Waals surface area contributed by atoms with Gasteiger partial charge in [0.1, 0.15) is 5.82 Å². The van der Waals surface area contributed by atoms with Crippen LogP contribution in [-0.4, -0.2) is 0 Å². The predicted octanol–water partition coefficient (Wildman–Crippen LogP) is 8.66. The summed E-state index contributed by atoms with van der Waals surface area (Å²) in [4.78, 5) is 0. The Morgan fingerprint density at radius 1 is 1.04 bits per heavy atom. The van der Waals surface area contributed by atoms with Crippen LogP contribution in [0.4, 0.5) is 4.39 Å². The molecule has 0 radical (unpaired) electrons. The lowest BCUT2D eigenvalue weighted by Crippen LogP contribution is -2.16. The number of benzene rings is 1. The van der Waals surface area contributed by atoms with Crippen LogP contribution >= 0.6 is 0 Å². The molecular weight excluding hydrogens is 343 g/mol. The summed E-state index contributed by atoms with van der Waals surface area (Å²) in [5.74, 6) is 0.0128. The van der Waals surface area contributed by atoms with Crippen LogP contribution in [0.1, 0.15) is 102 Å². The summed E-state index contributed by atoms with van der Waals surface area (Å²) >= 11 is 0. The summed E-state index contributed by atoms with van der Waals surface area (Å²) in [6.45, 7) is 15.2. The largest absolute Gasteiger partial charge is 0.206 e. The standard InChI is InChI=1S/C27H41F/c1-7-8-9-10-11-14-23-15-16-24(21(4)26(23)28)19-25(20(2)3)22(5)27(6)17-12-13-18-27/h15-16H,2,7-14,17-19H2,1,3-6H3/b25-22+. The minimum absolute atomic E-state index is 0.0128. The van der Waals surface area contributed by atoms with E-state index in [1.807, 2.05) is 13.0 Å². The van der Waals surface area contributed by atoms with E-state index in [2.05, 4.69) is 40.3 Å². The Morgan fingerprint density at radius 2 is 1.64 bits per heavy atom. The molecule has 2 rings (SSSR count). The summed E-state index contributed by atoms with van der Waals surface area (Å²) < 4.78 is 15.0. The van der Waals surface area contributed by atoms with Gasteiger partial charge in [-0.15, -0.1) is 0 Å². The zero-order chi connectivity index (χ0) is 20.7. The van der Waals surface area contributed by atoms with Crippen LogP contribution in [-0.2, 0) is 12.8 Å². The zero-order valence-corrected chi connectivity index (χ0v) is 19.0. The molecule has 1 fully saturated rings. The lowest BCUT2D eigenvalue weighted by molar-refractivity contribution is 0.409. The third-order valence-corrected chi connectivity index (χ3v) is 7.08. The Balaban J connectivity index is 2.18. The van der Waals surface area contributed by atoms with Crippen LogP contribution in [0.15, 0.2) is 35.4 Å². The van der Waals surface area contributed by atoms with Crippen molar-refractivity contribution in [2.24, 2.45) is 5.41 Å². The molecule has 0 aromatic heterocycles. The van der Waals surface area contributed by atoms with Gasteiger partial charge in [-0.1, -0.05) is 82.2 Å². The van der Waals surface area contributed by atoms with Gasteiger partial charge in [-0.05, 0) is 80.6 Å². The highest BCUT2D eigenvalue weighted by atomic mass is 19.1. The Morgan fingerprint density at radius 3 is 2.25 bits per heavy atom. The Labute approximate surface area is 173 Å². The van der Waals surface area contributed by atoms with Gasteiger partial charge >= 0.3 is 0 Å². The third kappa shape index (κ3) is 5.58. The van der Waals surface area contributed by atoms with E-state index >= 15 is 4.39 Å². The first-order chi connectivity index (χ1) is 13.3. The highest BCUT2D eigenvalue weighted by Gasteiger charge is 2.32. The van der Waals surface area contributed by atoms with Crippen molar-refractivity contribution < 1.29 is 4.39 Å². The van der Waals surface area contributed by atoms with Gasteiger partial charge in [0.15, 0.2) is 0 Å². The van der Waals surface area contributed by atoms with Gasteiger partial charge in [0.25, 0.3) is 0 Å². The first kappa shape index (κ1) is 22.9. The summed E-state index contributed by atoms with van der Waals surface area (Å²) in [5.41, 5.74) is 7.06. The molecule has 156 valence electrons. The lowest BCUT2D eigenvalue weighted by atomic mass is 9.76. The molecule has 1 saturated carbocycles. The second kappa shape index (κ2) is 10.4. The van der Waals surface area contributed by atoms with E-state index in [4.69, 9.17) is 0 Å². The molecule has 0 unspecified atom stereocenters. The maximum Gasteiger partial charge on any atom is 0.129 e. The molecule has 1 aliphatic carbocycles. The first-order valence-corrected chi connectivity index (χ1v) is 11.4. The van der Waals surface area contributed by atoms with Crippen LogP contribution in [0.25, 0.3) is 0 Å². The maximum absolute atomic E-state index is 15.0. The van der Waals surface area contributed by atoms with E-state index in [9.17, 15) is 0 Å². The van der Waals surface area contributed by atoms with Crippen molar-refractivity contribution in [3.05, 3.63) is 57.9 Å². The number of allylic oxidation sites excluding steroid dienone is 3. The highest BCUT2D eigenvalue weighted by molar-refractivity contribution is 5.42. The molecule has 0 heterocycles. The molecule has 1 aromatic rings. The van der Waals surface area contributed by atoms with Crippen molar-refractivity contribution in [1.29, 1.82) is 0 Å². The van der Waals surface area contributed by atoms with E-state index < -0.39 is 0 Å². The van der Waals surface area contributed by atoms with Gasteiger partial charge < -0.3 is 0 Å². The van der Waals surface area contributed by atoms with Crippen molar-refractivity contribution in [3.8, 4) is 0 Å². The molecule has 0 atom stereocenters. The second-order valence-electron chi connectivity index (χ2n) is 9.32. The minimum atomic E-state index is 0.0128. The normalized spacial score (nSPS) is 16.9. The molecular formula is C27H41F. The summed E-state index contributed by atoms with van der Waals surface area (Å²) in [5, 5.41) is 0. The molecule has 28 heavy (non-hydrogen) atoms. The molecule has 0 spiro atoms. The van der Waals surface area contributed by atoms with E-state index in [0.29, 0.717) is 5.41 Å². The molecule has 0 bridgehead atoms. The van der Waals surface area contributed by atoms with E-state index in [1.165, 1.54) is 62.5 Å². The third-order valence-electron chi connectivity index (χ3n) is 7.08. The zero-order valence-electron chi connectivity index (χ0n) is 19.0. The van der Waals surface area contributed by atoms with E-state index in [0.717, 1.165) is 41.5 Å². The fourth-order valence-electron chi connectivity index (χ4n) is 4.77. The summed E-state index contributed by atoms with van der Waals surface area (Å²) in [6.07, 6.45) is 12.9. The van der Waals surface area contributed by atoms with Crippen molar-refractivity contribution in [3.63, 3.8) is 0 Å². The van der Waals surface area contributed by atoms with E-state index in [1.54, 1.807) is 0 Å². The van der Waals surface area contributed by atoms with Gasteiger partial charge in [-0.3, -0.25) is 0 Å². The van der Waals surface area contributed by atoms with Crippen LogP contribution in [0.5, 0.6) is 0 Å². The smallest absolute Gasteiger partial charge is 0.129 e. The fraction of sp³-hybridized carbons (Fsp3) is 0.630. The summed E-state index contributed by atoms with van der Waals surface area (Å²) in [7, 11) is 0. The van der Waals surface area contributed by atoms with Crippen LogP contribution < -0.4 is 0 Å². The van der Waals surface area contributed by atoms with Crippen molar-refractivity contribution in [2.75, 3.05) is 0 Å². The SMILES string of the molecule is C=C(C)/C(Cc1ccc(CCCCCCC)c(F)c1C)=C(\C)C1(C)CCCC1. The predicted molar refractivity (Wildman–Crippen MR) is 121 cm³/mol. The molecule has 1 aromatic carbocycles. The van der Waals surface area contributed by atoms with Crippen molar-refractivity contribution in [2.45, 2.75) is 105 Å². The monoisotopic (exact) mass is 384 g/mol. The first-order valence-electron chi connectivity index (χ1n) is 11.4. The highest BCUT2D eigenvalue weighted by Crippen LogP contribution is 2.46. The number of halogens is 1. The molecule has 1 heteroatoms. The van der Waals surface area contributed by atoms with Gasteiger partial charge in [0, 0.05) is 0 Å². The number of rotatable bonds is 10. The average molecular weight is 385 g/mol. The van der Waals surface area contributed by atoms with Gasteiger partial charge in [0.05, 0.1) is 0 Å². The molecule has 0 aliphatic heterocycles. The quantitative estimate of drug-likeness (QED) is 0.279. The Kier molecular flexibility index (Phi) is 8.53. The van der Waals surface area contributed by atoms with Crippen molar-refractivity contribution in [1.82, 2.24) is 0 Å². The van der Waals surface area contributed by atoms with Crippen LogP contribution in [0.3, 0.4) is 0 Å². The van der Waals surface area contributed by atoms with Crippen molar-refractivity contribution >= 4 is 0 Å². The molecule has 0 saturated heterocycles. The summed E-state index contributed by atoms with van der Waals surface area (Å²) in [6, 6.07) is 4.19. The second-order valence-corrected chi connectivity index (χ2v) is 9.32. The minimum Gasteiger partial charge on any atom is -0.206 e. The van der Waals surface area contributed by atoms with E-state index in [-0.39, 0.29) is 5.82 Å². The maximum atomic E-state index is 15.0. The Bertz CT molecular complexity index is 701. The average Bonchev–Trinajstić information content (AvgIpc) is 3.11. The Hall–Kier alpha value is -1.37. The molecule has 0 amide bonds. The number of unbranched alkanes of at least 4 members (excludes halogenated alkanes) is 4. The lowest BCUT2D eigenvalue weighted by Gasteiger charge is -2.29. The fourth-order valence-corrected chi connectivity index (χ4v) is 4.77.